The van der Waals surface area contributed by atoms with Crippen molar-refractivity contribution in [2.45, 2.75) is 13.8 Å². The molecule has 0 bridgehead atoms. The molecule has 1 N–H and O–H groups in total. The lowest BCUT2D eigenvalue weighted by Gasteiger charge is -2.07. The molecule has 0 saturated carbocycles. The molecule has 0 saturated heterocycles. The zero-order valence-corrected chi connectivity index (χ0v) is 12.1. The summed E-state index contributed by atoms with van der Waals surface area (Å²) in [6, 6.07) is 13.7. The summed E-state index contributed by atoms with van der Waals surface area (Å²) in [5, 5.41) is 2.90. The van der Waals surface area contributed by atoms with Gasteiger partial charge in [-0.25, -0.2) is 0 Å². The molecule has 3 heteroatoms. The number of amides is 1. The first-order valence-electron chi connectivity index (χ1n) is 7.05. The molecule has 2 aromatic rings. The fraction of sp³-hybridized carbons (Fsp3) is 0.167. The Labute approximate surface area is 124 Å². The predicted octanol–water partition coefficient (Wildman–Crippen LogP) is 3.89. The van der Waals surface area contributed by atoms with Gasteiger partial charge in [0, 0.05) is 22.4 Å². The minimum Gasteiger partial charge on any atom is -0.493 e. The maximum Gasteiger partial charge on any atom is 0.256 e. The van der Waals surface area contributed by atoms with Crippen molar-refractivity contribution >= 4 is 23.2 Å². The fourth-order valence-electron chi connectivity index (χ4n) is 2.49. The largest absolute Gasteiger partial charge is 0.493 e. The molecule has 1 heterocycles. The summed E-state index contributed by atoms with van der Waals surface area (Å²) in [6.07, 6.45) is 1.89. The summed E-state index contributed by atoms with van der Waals surface area (Å²) >= 11 is 0. The van der Waals surface area contributed by atoms with Gasteiger partial charge in [-0.1, -0.05) is 29.8 Å². The number of carbonyl (C=O) groups excluding carboxylic acids is 1. The van der Waals surface area contributed by atoms with Crippen LogP contribution in [0.2, 0.25) is 0 Å². The summed E-state index contributed by atoms with van der Waals surface area (Å²) in [6.45, 7) is 4.57. The lowest BCUT2D eigenvalue weighted by molar-refractivity contribution is -0.110. The third-order valence-corrected chi connectivity index (χ3v) is 3.48. The molecule has 0 aliphatic carbocycles. The molecule has 0 radical (unpaired) electrons. The second-order valence-electron chi connectivity index (χ2n) is 5.03. The number of benzene rings is 2. The van der Waals surface area contributed by atoms with Crippen LogP contribution in [0.15, 0.2) is 42.5 Å². The standard InChI is InChI=1S/C18H17NO2/c1-3-21-17-7-5-4-6-13(17)11-15-14-10-12(2)8-9-16(14)19-18(15)20/h4-11H,3H2,1-2H3,(H,19,20)/b15-11-. The maximum absolute atomic E-state index is 12.2. The van der Waals surface area contributed by atoms with Crippen LogP contribution in [0.5, 0.6) is 5.75 Å². The van der Waals surface area contributed by atoms with Crippen LogP contribution in [0, 0.1) is 6.92 Å². The number of anilines is 1. The van der Waals surface area contributed by atoms with Crippen LogP contribution in [-0.2, 0) is 4.79 Å². The number of aryl methyl sites for hydroxylation is 1. The quantitative estimate of drug-likeness (QED) is 0.866. The Balaban J connectivity index is 2.09. The summed E-state index contributed by atoms with van der Waals surface area (Å²) < 4.78 is 5.62. The van der Waals surface area contributed by atoms with Crippen molar-refractivity contribution in [3.8, 4) is 5.75 Å². The maximum atomic E-state index is 12.2. The van der Waals surface area contributed by atoms with Crippen molar-refractivity contribution in [3.63, 3.8) is 0 Å². The Morgan fingerprint density at radius 3 is 2.81 bits per heavy atom. The Bertz CT molecular complexity index is 732. The summed E-state index contributed by atoms with van der Waals surface area (Å²) in [5.74, 6) is 0.725. The highest BCUT2D eigenvalue weighted by atomic mass is 16.5. The second kappa shape index (κ2) is 5.44. The average Bonchev–Trinajstić information content (AvgIpc) is 2.77. The Morgan fingerprint density at radius 1 is 1.19 bits per heavy atom. The van der Waals surface area contributed by atoms with Crippen molar-refractivity contribution in [3.05, 3.63) is 59.2 Å². The molecule has 21 heavy (non-hydrogen) atoms. The highest BCUT2D eigenvalue weighted by Gasteiger charge is 2.24. The molecule has 0 unspecified atom stereocenters. The van der Waals surface area contributed by atoms with E-state index in [4.69, 9.17) is 4.74 Å². The van der Waals surface area contributed by atoms with Gasteiger partial charge in [-0.3, -0.25) is 4.79 Å². The number of hydrogen-bond donors (Lipinski definition) is 1. The average molecular weight is 279 g/mol. The van der Waals surface area contributed by atoms with E-state index >= 15 is 0 Å². The molecule has 0 fully saturated rings. The van der Waals surface area contributed by atoms with Gasteiger partial charge in [0.05, 0.1) is 6.61 Å². The van der Waals surface area contributed by atoms with Gasteiger partial charge >= 0.3 is 0 Å². The zero-order chi connectivity index (χ0) is 14.8. The van der Waals surface area contributed by atoms with Gasteiger partial charge in [0.25, 0.3) is 5.91 Å². The first-order valence-corrected chi connectivity index (χ1v) is 7.05. The van der Waals surface area contributed by atoms with Crippen LogP contribution in [0.1, 0.15) is 23.6 Å². The fourth-order valence-corrected chi connectivity index (χ4v) is 2.49. The van der Waals surface area contributed by atoms with E-state index in [-0.39, 0.29) is 5.91 Å². The number of carbonyl (C=O) groups is 1. The Morgan fingerprint density at radius 2 is 2.00 bits per heavy atom. The molecular formula is C18H17NO2. The van der Waals surface area contributed by atoms with Crippen LogP contribution >= 0.6 is 0 Å². The zero-order valence-electron chi connectivity index (χ0n) is 12.1. The molecule has 1 aliphatic rings. The molecule has 0 aromatic heterocycles. The van der Waals surface area contributed by atoms with Crippen molar-refractivity contribution < 1.29 is 9.53 Å². The van der Waals surface area contributed by atoms with Crippen molar-refractivity contribution in [2.75, 3.05) is 11.9 Å². The third-order valence-electron chi connectivity index (χ3n) is 3.48. The van der Waals surface area contributed by atoms with Crippen LogP contribution < -0.4 is 10.1 Å². The Kier molecular flexibility index (Phi) is 3.48. The molecule has 3 nitrogen and oxygen atoms in total. The van der Waals surface area contributed by atoms with Gasteiger partial charge in [0.1, 0.15) is 5.75 Å². The highest BCUT2D eigenvalue weighted by molar-refractivity contribution is 6.35. The number of para-hydroxylation sites is 1. The second-order valence-corrected chi connectivity index (χ2v) is 5.03. The van der Waals surface area contributed by atoms with Crippen molar-refractivity contribution in [1.29, 1.82) is 0 Å². The number of hydrogen-bond acceptors (Lipinski definition) is 2. The van der Waals surface area contributed by atoms with Crippen LogP contribution in [0.25, 0.3) is 11.6 Å². The van der Waals surface area contributed by atoms with Gasteiger partial charge in [-0.2, -0.15) is 0 Å². The van der Waals surface area contributed by atoms with Crippen LogP contribution in [-0.4, -0.2) is 12.5 Å². The van der Waals surface area contributed by atoms with E-state index in [0.29, 0.717) is 12.2 Å². The van der Waals surface area contributed by atoms with E-state index in [0.717, 1.165) is 28.1 Å². The summed E-state index contributed by atoms with van der Waals surface area (Å²) in [7, 11) is 0. The monoisotopic (exact) mass is 279 g/mol. The first kappa shape index (κ1) is 13.4. The van der Waals surface area contributed by atoms with Crippen LogP contribution in [0.4, 0.5) is 5.69 Å². The lowest BCUT2D eigenvalue weighted by Crippen LogP contribution is -2.03. The number of fused-ring (bicyclic) bond motifs is 1. The molecule has 1 amide bonds. The van der Waals surface area contributed by atoms with Gasteiger partial charge < -0.3 is 10.1 Å². The molecule has 0 atom stereocenters. The number of nitrogens with one attached hydrogen (secondary N) is 1. The molecule has 1 aliphatic heterocycles. The SMILES string of the molecule is CCOc1ccccc1/C=C1\C(=O)Nc2ccc(C)cc21. The van der Waals surface area contributed by atoms with E-state index in [1.807, 2.05) is 62.4 Å². The van der Waals surface area contributed by atoms with Gasteiger partial charge in [-0.05, 0) is 38.1 Å². The third kappa shape index (κ3) is 2.55. The number of ether oxygens (including phenoxy) is 1. The molecular weight excluding hydrogens is 262 g/mol. The topological polar surface area (TPSA) is 38.3 Å². The van der Waals surface area contributed by atoms with Gasteiger partial charge in [-0.15, -0.1) is 0 Å². The van der Waals surface area contributed by atoms with E-state index in [1.54, 1.807) is 0 Å². The minimum absolute atomic E-state index is 0.0677. The first-order chi connectivity index (χ1) is 10.2. The molecule has 3 rings (SSSR count). The molecule has 0 spiro atoms. The van der Waals surface area contributed by atoms with E-state index in [1.165, 1.54) is 0 Å². The highest BCUT2D eigenvalue weighted by Crippen LogP contribution is 2.35. The summed E-state index contributed by atoms with van der Waals surface area (Å²) in [5.41, 5.74) is 4.55. The minimum atomic E-state index is -0.0677. The van der Waals surface area contributed by atoms with E-state index in [2.05, 4.69) is 5.32 Å². The normalized spacial score (nSPS) is 15.0. The lowest BCUT2D eigenvalue weighted by atomic mass is 10.0. The van der Waals surface area contributed by atoms with Crippen molar-refractivity contribution in [2.24, 2.45) is 0 Å². The molecule has 106 valence electrons. The van der Waals surface area contributed by atoms with Gasteiger partial charge in [0.15, 0.2) is 0 Å². The smallest absolute Gasteiger partial charge is 0.256 e. The molecule has 2 aromatic carbocycles. The Hall–Kier alpha value is -2.55. The van der Waals surface area contributed by atoms with E-state index < -0.39 is 0 Å². The van der Waals surface area contributed by atoms with Gasteiger partial charge in [0.2, 0.25) is 0 Å². The predicted molar refractivity (Wildman–Crippen MR) is 85.3 cm³/mol. The van der Waals surface area contributed by atoms with Crippen molar-refractivity contribution in [1.82, 2.24) is 0 Å². The summed E-state index contributed by atoms with van der Waals surface area (Å²) in [4.78, 5) is 12.2. The number of rotatable bonds is 3. The van der Waals surface area contributed by atoms with E-state index in [9.17, 15) is 4.79 Å². The van der Waals surface area contributed by atoms with Crippen LogP contribution in [0.3, 0.4) is 0 Å².